The molecule has 1 aliphatic rings. The van der Waals surface area contributed by atoms with E-state index in [-0.39, 0.29) is 23.9 Å². The molecule has 0 aliphatic carbocycles. The third-order valence-electron chi connectivity index (χ3n) is 4.27. The Hall–Kier alpha value is -2.65. The molecule has 1 aliphatic heterocycles. The van der Waals surface area contributed by atoms with Crippen molar-refractivity contribution in [2.24, 2.45) is 0 Å². The lowest BCUT2D eigenvalue weighted by atomic mass is 10.2. The number of methoxy groups -OCH3 is 1. The van der Waals surface area contributed by atoms with E-state index in [9.17, 15) is 18.4 Å². The van der Waals surface area contributed by atoms with Crippen molar-refractivity contribution < 1.29 is 22.7 Å². The highest BCUT2D eigenvalue weighted by Gasteiger charge is 2.30. The summed E-state index contributed by atoms with van der Waals surface area (Å²) in [5, 5.41) is 11.1. The molecule has 1 amide bonds. The molecule has 8 nitrogen and oxygen atoms in total. The number of benzene rings is 1. The summed E-state index contributed by atoms with van der Waals surface area (Å²) in [6.45, 7) is 1.02. The number of carbonyl (C=O) groups is 1. The van der Waals surface area contributed by atoms with E-state index in [1.807, 2.05) is 0 Å². The van der Waals surface area contributed by atoms with Gasteiger partial charge in [-0.25, -0.2) is 8.42 Å². The second kappa shape index (κ2) is 7.30. The predicted molar refractivity (Wildman–Crippen MR) is 93.1 cm³/mol. The molecule has 138 valence electrons. The molecular formula is C17H19N3O5S. The van der Waals surface area contributed by atoms with Crippen LogP contribution in [0, 0.1) is 5.21 Å². The second-order valence-corrected chi connectivity index (χ2v) is 7.76. The van der Waals surface area contributed by atoms with Crippen LogP contribution in [-0.4, -0.2) is 56.8 Å². The number of piperazine rings is 1. The number of aromatic nitrogens is 1. The van der Waals surface area contributed by atoms with E-state index in [1.54, 1.807) is 17.0 Å². The van der Waals surface area contributed by atoms with Crippen LogP contribution in [0.1, 0.15) is 10.4 Å². The van der Waals surface area contributed by atoms with Gasteiger partial charge in [0.25, 0.3) is 5.91 Å². The van der Waals surface area contributed by atoms with Gasteiger partial charge in [0.05, 0.1) is 17.6 Å². The Labute approximate surface area is 151 Å². The van der Waals surface area contributed by atoms with Crippen LogP contribution >= 0.6 is 0 Å². The zero-order valence-electron chi connectivity index (χ0n) is 14.2. The summed E-state index contributed by atoms with van der Waals surface area (Å²) >= 11 is 0. The van der Waals surface area contributed by atoms with Gasteiger partial charge in [0.1, 0.15) is 5.75 Å². The second-order valence-electron chi connectivity index (χ2n) is 5.82. The number of hydrogen-bond acceptors (Lipinski definition) is 5. The maximum Gasteiger partial charge on any atom is 0.254 e. The van der Waals surface area contributed by atoms with E-state index < -0.39 is 10.0 Å². The standard InChI is InChI=1S/C17H19N3O5S/c1-25-15-2-4-16(5-3-15)26(23,24)20-12-10-18(11-13-20)17(21)14-6-8-19(22)9-7-14/h2-9H,10-13H2,1H3. The summed E-state index contributed by atoms with van der Waals surface area (Å²) in [6.07, 6.45) is 2.52. The Morgan fingerprint density at radius 3 is 2.15 bits per heavy atom. The number of nitrogens with zero attached hydrogens (tertiary/aromatic N) is 3. The molecule has 0 unspecified atom stereocenters. The lowest BCUT2D eigenvalue weighted by Gasteiger charge is -2.34. The number of amides is 1. The number of rotatable bonds is 4. The van der Waals surface area contributed by atoms with Crippen molar-refractivity contribution in [2.45, 2.75) is 4.90 Å². The molecule has 0 spiro atoms. The monoisotopic (exact) mass is 377 g/mol. The first-order chi connectivity index (χ1) is 12.4. The van der Waals surface area contributed by atoms with Crippen molar-refractivity contribution in [3.8, 4) is 5.75 Å². The Balaban J connectivity index is 1.67. The van der Waals surface area contributed by atoms with Gasteiger partial charge in [-0.3, -0.25) is 4.79 Å². The fraction of sp³-hybridized carbons (Fsp3) is 0.294. The third-order valence-corrected chi connectivity index (χ3v) is 6.18. The van der Waals surface area contributed by atoms with Crippen molar-refractivity contribution >= 4 is 15.9 Å². The van der Waals surface area contributed by atoms with Gasteiger partial charge in [0.2, 0.25) is 10.0 Å². The van der Waals surface area contributed by atoms with E-state index >= 15 is 0 Å². The molecule has 9 heteroatoms. The zero-order chi connectivity index (χ0) is 18.7. The van der Waals surface area contributed by atoms with Gasteiger partial charge in [0.15, 0.2) is 12.4 Å². The van der Waals surface area contributed by atoms with E-state index in [2.05, 4.69) is 0 Å². The van der Waals surface area contributed by atoms with Crippen LogP contribution in [0.15, 0.2) is 53.7 Å². The normalized spacial score (nSPS) is 15.7. The molecule has 0 N–H and O–H groups in total. The summed E-state index contributed by atoms with van der Waals surface area (Å²) in [7, 11) is -2.09. The molecule has 0 atom stereocenters. The summed E-state index contributed by atoms with van der Waals surface area (Å²) in [5.74, 6) is 0.369. The van der Waals surface area contributed by atoms with Crippen LogP contribution in [-0.2, 0) is 10.0 Å². The first-order valence-corrected chi connectivity index (χ1v) is 9.48. The van der Waals surface area contributed by atoms with Crippen molar-refractivity contribution in [3.63, 3.8) is 0 Å². The smallest absolute Gasteiger partial charge is 0.254 e. The first-order valence-electron chi connectivity index (χ1n) is 8.04. The Bertz CT molecular complexity index is 874. The van der Waals surface area contributed by atoms with Gasteiger partial charge < -0.3 is 14.8 Å². The highest BCUT2D eigenvalue weighted by Crippen LogP contribution is 2.21. The lowest BCUT2D eigenvalue weighted by molar-refractivity contribution is -0.605. The van der Waals surface area contributed by atoms with Crippen molar-refractivity contribution in [1.29, 1.82) is 0 Å². The molecule has 2 aromatic rings. The van der Waals surface area contributed by atoms with E-state index in [0.29, 0.717) is 29.1 Å². The van der Waals surface area contributed by atoms with Gasteiger partial charge >= 0.3 is 0 Å². The molecule has 1 fully saturated rings. The van der Waals surface area contributed by atoms with Gasteiger partial charge in [-0.2, -0.15) is 9.04 Å². The summed E-state index contributed by atoms with van der Waals surface area (Å²) in [4.78, 5) is 14.2. The summed E-state index contributed by atoms with van der Waals surface area (Å²) < 4.78 is 32.5. The van der Waals surface area contributed by atoms with Gasteiger partial charge in [-0.1, -0.05) is 0 Å². The van der Waals surface area contributed by atoms with Crippen LogP contribution in [0.5, 0.6) is 5.75 Å². The molecule has 26 heavy (non-hydrogen) atoms. The molecule has 3 rings (SSSR count). The van der Waals surface area contributed by atoms with Gasteiger partial charge in [-0.05, 0) is 24.3 Å². The average Bonchev–Trinajstić information content (AvgIpc) is 2.68. The zero-order valence-corrected chi connectivity index (χ0v) is 15.1. The largest absolute Gasteiger partial charge is 0.619 e. The van der Waals surface area contributed by atoms with E-state index in [0.717, 1.165) is 0 Å². The Kier molecular flexibility index (Phi) is 5.10. The molecule has 0 bridgehead atoms. The fourth-order valence-electron chi connectivity index (χ4n) is 2.77. The van der Waals surface area contributed by atoms with Gasteiger partial charge in [0, 0.05) is 38.3 Å². The molecular weight excluding hydrogens is 358 g/mol. The number of ether oxygens (including phenoxy) is 1. The molecule has 0 saturated carbocycles. The minimum atomic E-state index is -3.61. The Morgan fingerprint density at radius 2 is 1.62 bits per heavy atom. The topological polar surface area (TPSA) is 93.9 Å². The van der Waals surface area contributed by atoms with Crippen molar-refractivity contribution in [3.05, 3.63) is 59.6 Å². The lowest BCUT2D eigenvalue weighted by Crippen LogP contribution is -2.50. The van der Waals surface area contributed by atoms with Crippen molar-refractivity contribution in [2.75, 3.05) is 33.3 Å². The predicted octanol–water partition coefficient (Wildman–Crippen LogP) is 0.475. The summed E-state index contributed by atoms with van der Waals surface area (Å²) in [5.41, 5.74) is 0.406. The molecule has 1 saturated heterocycles. The average molecular weight is 377 g/mol. The van der Waals surface area contributed by atoms with Crippen molar-refractivity contribution in [1.82, 2.24) is 9.21 Å². The number of hydrogen-bond donors (Lipinski definition) is 0. The van der Waals surface area contributed by atoms with Crippen LogP contribution in [0.3, 0.4) is 0 Å². The third kappa shape index (κ3) is 3.63. The minimum absolute atomic E-state index is 0.195. The van der Waals surface area contributed by atoms with Gasteiger partial charge in [-0.15, -0.1) is 0 Å². The Morgan fingerprint density at radius 1 is 1.04 bits per heavy atom. The summed E-state index contributed by atoms with van der Waals surface area (Å²) in [6, 6.07) is 9.13. The molecule has 1 aromatic carbocycles. The van der Waals surface area contributed by atoms with Crippen LogP contribution in [0.2, 0.25) is 0 Å². The van der Waals surface area contributed by atoms with Crippen LogP contribution in [0.25, 0.3) is 0 Å². The maximum absolute atomic E-state index is 12.7. The molecule has 2 heterocycles. The molecule has 0 radical (unpaired) electrons. The highest BCUT2D eigenvalue weighted by atomic mass is 32.2. The van der Waals surface area contributed by atoms with Crippen LogP contribution < -0.4 is 9.47 Å². The quantitative estimate of drug-likeness (QED) is 0.570. The minimum Gasteiger partial charge on any atom is -0.619 e. The van der Waals surface area contributed by atoms with E-state index in [1.165, 1.54) is 48.1 Å². The van der Waals surface area contributed by atoms with Crippen LogP contribution in [0.4, 0.5) is 0 Å². The maximum atomic E-state index is 12.7. The fourth-order valence-corrected chi connectivity index (χ4v) is 4.19. The number of carbonyl (C=O) groups excluding carboxylic acids is 1. The number of sulfonamides is 1. The van der Waals surface area contributed by atoms with E-state index in [4.69, 9.17) is 4.74 Å². The SMILES string of the molecule is COc1ccc(S(=O)(=O)N2CCN(C(=O)c3cc[n+]([O-])cc3)CC2)cc1. The molecule has 1 aromatic heterocycles. The first kappa shape index (κ1) is 18.2. The number of pyridine rings is 1. The highest BCUT2D eigenvalue weighted by molar-refractivity contribution is 7.89.